The second-order valence-electron chi connectivity index (χ2n) is 6.81. The van der Waals surface area contributed by atoms with E-state index in [0.29, 0.717) is 11.1 Å². The third-order valence-electron chi connectivity index (χ3n) is 4.89. The molecule has 0 N–H and O–H groups in total. The minimum absolute atomic E-state index is 0.00515. The summed E-state index contributed by atoms with van der Waals surface area (Å²) in [5.74, 6) is -1.89. The van der Waals surface area contributed by atoms with Gasteiger partial charge in [0.15, 0.2) is 0 Å². The number of allylic oxidation sites excluding steroid dienone is 1. The van der Waals surface area contributed by atoms with Gasteiger partial charge in [-0.1, -0.05) is 12.1 Å². The van der Waals surface area contributed by atoms with Crippen LogP contribution in [0.5, 0.6) is 0 Å². The number of benzene rings is 2. The molecule has 32 heavy (non-hydrogen) atoms. The lowest BCUT2D eigenvalue weighted by atomic mass is 10.0. The van der Waals surface area contributed by atoms with Gasteiger partial charge in [0.2, 0.25) is 0 Å². The van der Waals surface area contributed by atoms with Crippen molar-refractivity contribution in [2.24, 2.45) is 0 Å². The molecule has 3 rings (SSSR count). The third-order valence-corrected chi connectivity index (χ3v) is 4.89. The Kier molecular flexibility index (Phi) is 6.20. The van der Waals surface area contributed by atoms with E-state index >= 15 is 0 Å². The van der Waals surface area contributed by atoms with Crippen LogP contribution in [0.15, 0.2) is 65.4 Å². The second kappa shape index (κ2) is 8.70. The van der Waals surface area contributed by atoms with Gasteiger partial charge in [-0.05, 0) is 55.0 Å². The minimum Gasteiger partial charge on any atom is -0.465 e. The van der Waals surface area contributed by atoms with E-state index < -0.39 is 29.6 Å². The molecule has 0 unspecified atom stereocenters. The maximum Gasteiger partial charge on any atom is 0.416 e. The predicted octanol–water partition coefficient (Wildman–Crippen LogP) is 4.37. The SMILES string of the molecule is COC(=O)C1=C(C)N(c2ccc(C(F)(F)F)cc2)C(=O)/C1=C\c1ccc(C(=O)OC)cc1. The van der Waals surface area contributed by atoms with Crippen molar-refractivity contribution in [1.82, 2.24) is 0 Å². The van der Waals surface area contributed by atoms with Crippen LogP contribution in [0.4, 0.5) is 18.9 Å². The van der Waals surface area contributed by atoms with Crippen molar-refractivity contribution in [3.05, 3.63) is 82.1 Å². The van der Waals surface area contributed by atoms with E-state index in [1.54, 1.807) is 12.1 Å². The maximum atomic E-state index is 13.2. The molecule has 0 fully saturated rings. The number of rotatable bonds is 4. The first-order valence-electron chi connectivity index (χ1n) is 9.29. The number of hydrogen-bond donors (Lipinski definition) is 0. The summed E-state index contributed by atoms with van der Waals surface area (Å²) in [6, 6.07) is 10.2. The zero-order valence-electron chi connectivity index (χ0n) is 17.3. The maximum absolute atomic E-state index is 13.2. The summed E-state index contributed by atoms with van der Waals surface area (Å²) in [5, 5.41) is 0. The predicted molar refractivity (Wildman–Crippen MR) is 109 cm³/mol. The standard InChI is InChI=1S/C23H18F3NO5/c1-13-19(22(30)32-3)18(12-14-4-6-15(7-5-14)21(29)31-2)20(28)27(13)17-10-8-16(9-11-17)23(24,25)26/h4-12H,1-3H3/b18-12-. The molecule has 9 heteroatoms. The summed E-state index contributed by atoms with van der Waals surface area (Å²) < 4.78 is 48.1. The first-order valence-corrected chi connectivity index (χ1v) is 9.29. The normalized spacial score (nSPS) is 15.4. The fourth-order valence-electron chi connectivity index (χ4n) is 3.29. The molecule has 0 saturated carbocycles. The van der Waals surface area contributed by atoms with Gasteiger partial charge in [-0.3, -0.25) is 9.69 Å². The van der Waals surface area contributed by atoms with E-state index in [4.69, 9.17) is 4.74 Å². The van der Waals surface area contributed by atoms with Crippen LogP contribution in [0.1, 0.15) is 28.4 Å². The summed E-state index contributed by atoms with van der Waals surface area (Å²) in [4.78, 5) is 38.3. The quantitative estimate of drug-likeness (QED) is 0.516. The summed E-state index contributed by atoms with van der Waals surface area (Å²) >= 11 is 0. The highest BCUT2D eigenvalue weighted by Gasteiger charge is 2.38. The highest BCUT2D eigenvalue weighted by Crippen LogP contribution is 2.37. The van der Waals surface area contributed by atoms with E-state index in [9.17, 15) is 27.6 Å². The number of ether oxygens (including phenoxy) is 2. The van der Waals surface area contributed by atoms with Gasteiger partial charge in [0, 0.05) is 11.4 Å². The van der Waals surface area contributed by atoms with Crippen LogP contribution in [0.2, 0.25) is 0 Å². The number of anilines is 1. The number of methoxy groups -OCH3 is 2. The molecule has 2 aromatic carbocycles. The van der Waals surface area contributed by atoms with Crippen molar-refractivity contribution >= 4 is 29.6 Å². The fourth-order valence-corrected chi connectivity index (χ4v) is 3.29. The van der Waals surface area contributed by atoms with Gasteiger partial charge >= 0.3 is 18.1 Å². The average molecular weight is 445 g/mol. The Morgan fingerprint density at radius 1 is 0.906 bits per heavy atom. The zero-order chi connectivity index (χ0) is 23.6. The van der Waals surface area contributed by atoms with Crippen LogP contribution < -0.4 is 4.90 Å². The number of nitrogens with zero attached hydrogens (tertiary/aromatic N) is 1. The number of hydrogen-bond acceptors (Lipinski definition) is 5. The van der Waals surface area contributed by atoms with Crippen molar-refractivity contribution in [2.75, 3.05) is 19.1 Å². The molecule has 1 aliphatic heterocycles. The molecule has 1 amide bonds. The molecule has 1 heterocycles. The van der Waals surface area contributed by atoms with E-state index in [1.807, 2.05) is 0 Å². The van der Waals surface area contributed by atoms with Crippen LogP contribution in [-0.4, -0.2) is 32.1 Å². The van der Waals surface area contributed by atoms with Gasteiger partial charge in [0.1, 0.15) is 0 Å². The summed E-state index contributed by atoms with van der Waals surface area (Å²) in [5.41, 5.74) is 0.368. The molecule has 0 bridgehead atoms. The van der Waals surface area contributed by atoms with Crippen LogP contribution >= 0.6 is 0 Å². The first-order chi connectivity index (χ1) is 15.1. The Labute approximate surface area is 181 Å². The molecule has 0 aromatic heterocycles. The van der Waals surface area contributed by atoms with Crippen LogP contribution in [0.25, 0.3) is 6.08 Å². The smallest absolute Gasteiger partial charge is 0.416 e. The molecular formula is C23H18F3NO5. The molecule has 1 aliphatic rings. The van der Waals surface area contributed by atoms with E-state index in [0.717, 1.165) is 36.3 Å². The van der Waals surface area contributed by atoms with Gasteiger partial charge in [-0.2, -0.15) is 13.2 Å². The number of amides is 1. The molecule has 0 spiro atoms. The lowest BCUT2D eigenvalue weighted by Gasteiger charge is -2.18. The molecule has 6 nitrogen and oxygen atoms in total. The first kappa shape index (κ1) is 22.8. The number of carbonyl (C=O) groups is 3. The highest BCUT2D eigenvalue weighted by molar-refractivity contribution is 6.23. The Morgan fingerprint density at radius 2 is 1.47 bits per heavy atom. The molecule has 0 radical (unpaired) electrons. The van der Waals surface area contributed by atoms with E-state index in [1.165, 1.54) is 32.2 Å². The largest absolute Gasteiger partial charge is 0.465 e. The molecule has 0 aliphatic carbocycles. The van der Waals surface area contributed by atoms with Crippen molar-refractivity contribution in [1.29, 1.82) is 0 Å². The van der Waals surface area contributed by atoms with Crippen molar-refractivity contribution in [3.8, 4) is 0 Å². The molecular weight excluding hydrogens is 427 g/mol. The highest BCUT2D eigenvalue weighted by atomic mass is 19.4. The van der Waals surface area contributed by atoms with Gasteiger partial charge < -0.3 is 9.47 Å². The van der Waals surface area contributed by atoms with Crippen LogP contribution in [-0.2, 0) is 25.2 Å². The number of esters is 2. The third kappa shape index (κ3) is 4.27. The minimum atomic E-state index is -4.52. The summed E-state index contributed by atoms with van der Waals surface area (Å²) in [7, 11) is 2.41. The Morgan fingerprint density at radius 3 is 1.97 bits per heavy atom. The second-order valence-corrected chi connectivity index (χ2v) is 6.81. The summed E-state index contributed by atoms with van der Waals surface area (Å²) in [6.07, 6.45) is -3.07. The lowest BCUT2D eigenvalue weighted by molar-refractivity contribution is -0.137. The summed E-state index contributed by atoms with van der Waals surface area (Å²) in [6.45, 7) is 1.50. The molecule has 166 valence electrons. The van der Waals surface area contributed by atoms with Crippen molar-refractivity contribution < 1.29 is 37.0 Å². The lowest BCUT2D eigenvalue weighted by Crippen LogP contribution is -2.24. The fraction of sp³-hybridized carbons (Fsp3) is 0.174. The Balaban J connectivity index is 2.04. The Hall–Kier alpha value is -3.88. The van der Waals surface area contributed by atoms with Gasteiger partial charge in [0.05, 0.1) is 36.5 Å². The van der Waals surface area contributed by atoms with E-state index in [2.05, 4.69) is 4.74 Å². The number of alkyl halides is 3. The van der Waals surface area contributed by atoms with Gasteiger partial charge in [-0.25, -0.2) is 9.59 Å². The average Bonchev–Trinajstić information content (AvgIpc) is 3.02. The van der Waals surface area contributed by atoms with Crippen LogP contribution in [0.3, 0.4) is 0 Å². The van der Waals surface area contributed by atoms with Crippen molar-refractivity contribution in [3.63, 3.8) is 0 Å². The zero-order valence-corrected chi connectivity index (χ0v) is 17.3. The molecule has 2 aromatic rings. The topological polar surface area (TPSA) is 72.9 Å². The van der Waals surface area contributed by atoms with Crippen LogP contribution in [0, 0.1) is 0 Å². The molecule has 0 saturated heterocycles. The van der Waals surface area contributed by atoms with Gasteiger partial charge in [0.25, 0.3) is 5.91 Å². The van der Waals surface area contributed by atoms with E-state index in [-0.39, 0.29) is 22.5 Å². The Bertz CT molecular complexity index is 1130. The van der Waals surface area contributed by atoms with Gasteiger partial charge in [-0.15, -0.1) is 0 Å². The number of halogens is 3. The monoisotopic (exact) mass is 445 g/mol. The number of carbonyl (C=O) groups excluding carboxylic acids is 3. The molecule has 0 atom stereocenters. The van der Waals surface area contributed by atoms with Crippen molar-refractivity contribution in [2.45, 2.75) is 13.1 Å².